The number of carbonyl (C=O) groups is 1. The van der Waals surface area contributed by atoms with E-state index in [9.17, 15) is 4.79 Å². The van der Waals surface area contributed by atoms with Crippen molar-refractivity contribution in [3.63, 3.8) is 0 Å². The molecule has 0 aliphatic carbocycles. The number of para-hydroxylation sites is 1. The van der Waals surface area contributed by atoms with Gasteiger partial charge in [0.25, 0.3) is 0 Å². The number of furan rings is 1. The first kappa shape index (κ1) is 14.4. The van der Waals surface area contributed by atoms with Crippen LogP contribution in [0.5, 0.6) is 0 Å². The summed E-state index contributed by atoms with van der Waals surface area (Å²) < 4.78 is 5.23. The minimum atomic E-state index is 0.103. The van der Waals surface area contributed by atoms with Gasteiger partial charge < -0.3 is 14.7 Å². The van der Waals surface area contributed by atoms with Gasteiger partial charge in [-0.05, 0) is 36.6 Å². The molecule has 0 unspecified atom stereocenters. The molecule has 0 atom stereocenters. The van der Waals surface area contributed by atoms with Gasteiger partial charge in [-0.25, -0.2) is 0 Å². The molecule has 1 amide bonds. The molecule has 4 nitrogen and oxygen atoms in total. The molecule has 0 fully saturated rings. The minimum Gasteiger partial charge on any atom is -0.469 e. The van der Waals surface area contributed by atoms with Gasteiger partial charge in [-0.2, -0.15) is 0 Å². The van der Waals surface area contributed by atoms with Gasteiger partial charge in [0.15, 0.2) is 0 Å². The van der Waals surface area contributed by atoms with Crippen LogP contribution in [0.25, 0.3) is 10.9 Å². The van der Waals surface area contributed by atoms with Crippen molar-refractivity contribution in [2.75, 3.05) is 6.54 Å². The number of rotatable bonds is 7. The highest BCUT2D eigenvalue weighted by Crippen LogP contribution is 2.19. The Morgan fingerprint density at radius 1 is 1.14 bits per heavy atom. The zero-order valence-electron chi connectivity index (χ0n) is 12.5. The molecule has 2 aromatic heterocycles. The molecule has 3 rings (SSSR count). The van der Waals surface area contributed by atoms with Crippen LogP contribution in [0.15, 0.2) is 53.3 Å². The molecule has 0 bridgehead atoms. The lowest BCUT2D eigenvalue weighted by atomic mass is 10.1. The summed E-state index contributed by atoms with van der Waals surface area (Å²) in [5.41, 5.74) is 2.43. The van der Waals surface area contributed by atoms with Crippen LogP contribution in [0.3, 0.4) is 0 Å². The Morgan fingerprint density at radius 3 is 2.91 bits per heavy atom. The number of aromatic amines is 1. The molecule has 114 valence electrons. The monoisotopic (exact) mass is 296 g/mol. The zero-order valence-corrected chi connectivity index (χ0v) is 12.5. The lowest BCUT2D eigenvalue weighted by Crippen LogP contribution is -2.25. The Balaban J connectivity index is 1.40. The third kappa shape index (κ3) is 3.58. The van der Waals surface area contributed by atoms with E-state index in [-0.39, 0.29) is 5.91 Å². The number of hydrogen-bond acceptors (Lipinski definition) is 2. The predicted molar refractivity (Wildman–Crippen MR) is 86.7 cm³/mol. The summed E-state index contributed by atoms with van der Waals surface area (Å²) in [6.07, 6.45) is 6.75. The van der Waals surface area contributed by atoms with E-state index >= 15 is 0 Å². The number of benzene rings is 1. The molecule has 0 radical (unpaired) electrons. The quantitative estimate of drug-likeness (QED) is 0.701. The van der Waals surface area contributed by atoms with Crippen molar-refractivity contribution in [2.45, 2.75) is 25.7 Å². The van der Waals surface area contributed by atoms with E-state index in [1.807, 2.05) is 30.5 Å². The molecule has 0 saturated heterocycles. The van der Waals surface area contributed by atoms with Crippen LogP contribution >= 0.6 is 0 Å². The van der Waals surface area contributed by atoms with Gasteiger partial charge in [-0.3, -0.25) is 4.79 Å². The highest BCUT2D eigenvalue weighted by Gasteiger charge is 2.05. The second kappa shape index (κ2) is 6.98. The Hall–Kier alpha value is -2.49. The number of nitrogens with one attached hydrogen (secondary N) is 2. The minimum absolute atomic E-state index is 0.103. The molecule has 2 heterocycles. The largest absolute Gasteiger partial charge is 0.469 e. The van der Waals surface area contributed by atoms with Gasteiger partial charge >= 0.3 is 0 Å². The SMILES string of the molecule is O=C(CCCc1c[nH]c2ccccc12)NCCc1ccco1. The third-order valence-electron chi connectivity index (χ3n) is 3.80. The Kier molecular flexibility index (Phi) is 4.59. The van der Waals surface area contributed by atoms with E-state index in [0.717, 1.165) is 30.5 Å². The molecular weight excluding hydrogens is 276 g/mol. The first-order valence-corrected chi connectivity index (χ1v) is 7.67. The van der Waals surface area contributed by atoms with Crippen molar-refractivity contribution >= 4 is 16.8 Å². The Labute approximate surface area is 129 Å². The molecule has 0 aliphatic heterocycles. The molecule has 0 saturated carbocycles. The van der Waals surface area contributed by atoms with Gasteiger partial charge in [0.1, 0.15) is 5.76 Å². The lowest BCUT2D eigenvalue weighted by Gasteiger charge is -2.04. The molecule has 1 aromatic carbocycles. The first-order chi connectivity index (χ1) is 10.8. The van der Waals surface area contributed by atoms with Crippen molar-refractivity contribution in [3.05, 3.63) is 60.2 Å². The fourth-order valence-electron chi connectivity index (χ4n) is 2.65. The molecule has 3 aromatic rings. The highest BCUT2D eigenvalue weighted by molar-refractivity contribution is 5.83. The molecule has 4 heteroatoms. The lowest BCUT2D eigenvalue weighted by molar-refractivity contribution is -0.121. The fraction of sp³-hybridized carbons (Fsp3) is 0.278. The second-order valence-corrected chi connectivity index (χ2v) is 5.39. The Bertz CT molecular complexity index is 728. The molecule has 0 aliphatic rings. The number of hydrogen-bond donors (Lipinski definition) is 2. The summed E-state index contributed by atoms with van der Waals surface area (Å²) in [6, 6.07) is 12.0. The van der Waals surface area contributed by atoms with E-state index in [4.69, 9.17) is 4.42 Å². The van der Waals surface area contributed by atoms with Crippen molar-refractivity contribution in [3.8, 4) is 0 Å². The first-order valence-electron chi connectivity index (χ1n) is 7.67. The van der Waals surface area contributed by atoms with Crippen LogP contribution in [0, 0.1) is 0 Å². The molecule has 0 spiro atoms. The number of H-pyrrole nitrogens is 1. The van der Waals surface area contributed by atoms with Crippen LogP contribution in [0.2, 0.25) is 0 Å². The summed E-state index contributed by atoms with van der Waals surface area (Å²) in [4.78, 5) is 15.1. The van der Waals surface area contributed by atoms with E-state index in [1.165, 1.54) is 10.9 Å². The third-order valence-corrected chi connectivity index (χ3v) is 3.80. The summed E-state index contributed by atoms with van der Waals surface area (Å²) in [6.45, 7) is 0.624. The van der Waals surface area contributed by atoms with Crippen LogP contribution in [0.4, 0.5) is 0 Å². The summed E-state index contributed by atoms with van der Waals surface area (Å²) in [5, 5.41) is 4.18. The van der Waals surface area contributed by atoms with Gasteiger partial charge in [0.2, 0.25) is 5.91 Å². The maximum absolute atomic E-state index is 11.8. The number of carbonyl (C=O) groups excluding carboxylic acids is 1. The van der Waals surface area contributed by atoms with Crippen LogP contribution in [-0.4, -0.2) is 17.4 Å². The van der Waals surface area contributed by atoms with Gasteiger partial charge in [0, 0.05) is 36.5 Å². The number of aromatic nitrogens is 1. The summed E-state index contributed by atoms with van der Waals surface area (Å²) in [5.74, 6) is 1.01. The van der Waals surface area contributed by atoms with Crippen molar-refractivity contribution < 1.29 is 9.21 Å². The van der Waals surface area contributed by atoms with E-state index in [1.54, 1.807) is 6.26 Å². The van der Waals surface area contributed by atoms with Gasteiger partial charge in [-0.15, -0.1) is 0 Å². The normalized spacial score (nSPS) is 10.9. The molecule has 22 heavy (non-hydrogen) atoms. The van der Waals surface area contributed by atoms with E-state index in [0.29, 0.717) is 13.0 Å². The number of aryl methyl sites for hydroxylation is 1. The van der Waals surface area contributed by atoms with Crippen LogP contribution < -0.4 is 5.32 Å². The average Bonchev–Trinajstić information content (AvgIpc) is 3.17. The highest BCUT2D eigenvalue weighted by atomic mass is 16.3. The average molecular weight is 296 g/mol. The maximum atomic E-state index is 11.8. The standard InChI is InChI=1S/C18H20N2O2/c21-18(19-11-10-15-6-4-12-22-15)9-3-5-14-13-20-17-8-2-1-7-16(14)17/h1-2,4,6-8,12-13,20H,3,5,9-11H2,(H,19,21). The number of fused-ring (bicyclic) bond motifs is 1. The maximum Gasteiger partial charge on any atom is 0.220 e. The topological polar surface area (TPSA) is 58.0 Å². The van der Waals surface area contributed by atoms with Gasteiger partial charge in [-0.1, -0.05) is 18.2 Å². The molecule has 2 N–H and O–H groups in total. The Morgan fingerprint density at radius 2 is 2.05 bits per heavy atom. The van der Waals surface area contributed by atoms with Crippen LogP contribution in [-0.2, 0) is 17.6 Å². The van der Waals surface area contributed by atoms with Crippen LogP contribution in [0.1, 0.15) is 24.2 Å². The molecular formula is C18H20N2O2. The van der Waals surface area contributed by atoms with E-state index < -0.39 is 0 Å². The van der Waals surface area contributed by atoms with Crippen molar-refractivity contribution in [1.82, 2.24) is 10.3 Å². The fourth-order valence-corrected chi connectivity index (χ4v) is 2.65. The smallest absolute Gasteiger partial charge is 0.220 e. The number of amides is 1. The second-order valence-electron chi connectivity index (χ2n) is 5.39. The zero-order chi connectivity index (χ0) is 15.2. The summed E-state index contributed by atoms with van der Waals surface area (Å²) >= 11 is 0. The summed E-state index contributed by atoms with van der Waals surface area (Å²) in [7, 11) is 0. The van der Waals surface area contributed by atoms with E-state index in [2.05, 4.69) is 22.4 Å². The van der Waals surface area contributed by atoms with Crippen molar-refractivity contribution in [2.24, 2.45) is 0 Å². The van der Waals surface area contributed by atoms with Gasteiger partial charge in [0.05, 0.1) is 6.26 Å². The predicted octanol–water partition coefficient (Wildman–Crippen LogP) is 3.44. The van der Waals surface area contributed by atoms with Crippen molar-refractivity contribution in [1.29, 1.82) is 0 Å².